The highest BCUT2D eigenvalue weighted by molar-refractivity contribution is 5.81. The van der Waals surface area contributed by atoms with E-state index in [9.17, 15) is 9.18 Å². The van der Waals surface area contributed by atoms with Crippen LogP contribution in [0.1, 0.15) is 27.2 Å². The van der Waals surface area contributed by atoms with Gasteiger partial charge >= 0.3 is 0 Å². The first-order valence-corrected chi connectivity index (χ1v) is 6.89. The minimum Gasteiger partial charge on any atom is -0.489 e. The number of ether oxygens (including phenoxy) is 1. The van der Waals surface area contributed by atoms with Gasteiger partial charge in [-0.3, -0.25) is 4.79 Å². The van der Waals surface area contributed by atoms with Crippen LogP contribution in [0.25, 0.3) is 0 Å². The van der Waals surface area contributed by atoms with Crippen LogP contribution in [0.2, 0.25) is 0 Å². The molecular weight excluding hydrogens is 259 g/mol. The van der Waals surface area contributed by atoms with Crippen LogP contribution < -0.4 is 15.8 Å². The van der Waals surface area contributed by atoms with Gasteiger partial charge in [-0.1, -0.05) is 26.3 Å². The second-order valence-electron chi connectivity index (χ2n) is 5.04. The number of benzene rings is 1. The van der Waals surface area contributed by atoms with Crippen molar-refractivity contribution >= 4 is 5.91 Å². The number of nitrogens with two attached hydrogens (primary N) is 1. The zero-order chi connectivity index (χ0) is 15.1. The summed E-state index contributed by atoms with van der Waals surface area (Å²) in [6.45, 7) is 6.07. The van der Waals surface area contributed by atoms with Crippen molar-refractivity contribution in [1.82, 2.24) is 5.32 Å². The summed E-state index contributed by atoms with van der Waals surface area (Å²) in [5.41, 5.74) is 5.83. The van der Waals surface area contributed by atoms with Crippen LogP contribution in [0.4, 0.5) is 4.39 Å². The fourth-order valence-corrected chi connectivity index (χ4v) is 1.69. The molecule has 1 aromatic rings. The molecule has 0 spiro atoms. The molecule has 0 fully saturated rings. The third-order valence-electron chi connectivity index (χ3n) is 3.26. The van der Waals surface area contributed by atoms with E-state index in [1.165, 1.54) is 12.1 Å². The van der Waals surface area contributed by atoms with E-state index in [2.05, 4.69) is 5.32 Å². The average molecular weight is 282 g/mol. The summed E-state index contributed by atoms with van der Waals surface area (Å²) < 4.78 is 18.5. The summed E-state index contributed by atoms with van der Waals surface area (Å²) in [4.78, 5) is 11.8. The second-order valence-corrected chi connectivity index (χ2v) is 5.04. The van der Waals surface area contributed by atoms with Crippen LogP contribution in [-0.4, -0.2) is 24.6 Å². The molecule has 4 nitrogen and oxygen atoms in total. The summed E-state index contributed by atoms with van der Waals surface area (Å²) in [5, 5.41) is 2.75. The van der Waals surface area contributed by atoms with Gasteiger partial charge in [0.25, 0.3) is 0 Å². The number of hydrogen-bond acceptors (Lipinski definition) is 3. The molecule has 0 radical (unpaired) electrons. The topological polar surface area (TPSA) is 64.4 Å². The van der Waals surface area contributed by atoms with E-state index in [1.54, 1.807) is 19.1 Å². The first-order chi connectivity index (χ1) is 9.43. The van der Waals surface area contributed by atoms with Crippen LogP contribution in [-0.2, 0) is 4.79 Å². The molecule has 0 aromatic heterocycles. The Bertz CT molecular complexity index is 440. The van der Waals surface area contributed by atoms with Crippen molar-refractivity contribution in [2.75, 3.05) is 6.54 Å². The lowest BCUT2D eigenvalue weighted by Gasteiger charge is -2.20. The number of hydrogen-bond donors (Lipinski definition) is 2. The van der Waals surface area contributed by atoms with Crippen LogP contribution >= 0.6 is 0 Å². The lowest BCUT2D eigenvalue weighted by Crippen LogP contribution is -2.47. The SMILES string of the molecule is CCC(C)C(N)C(=O)NCC(C)Oc1cccc(F)c1. The van der Waals surface area contributed by atoms with Crippen molar-refractivity contribution in [3.05, 3.63) is 30.1 Å². The molecule has 112 valence electrons. The Balaban J connectivity index is 2.40. The van der Waals surface area contributed by atoms with Gasteiger partial charge in [-0.15, -0.1) is 0 Å². The molecule has 3 N–H and O–H groups in total. The molecule has 0 heterocycles. The summed E-state index contributed by atoms with van der Waals surface area (Å²) in [5.74, 6) is 0.0407. The van der Waals surface area contributed by atoms with Gasteiger partial charge in [0, 0.05) is 6.07 Å². The molecule has 0 aliphatic carbocycles. The lowest BCUT2D eigenvalue weighted by molar-refractivity contribution is -0.123. The molecule has 0 saturated carbocycles. The maximum absolute atomic E-state index is 13.0. The first-order valence-electron chi connectivity index (χ1n) is 6.89. The van der Waals surface area contributed by atoms with Gasteiger partial charge in [-0.05, 0) is 25.0 Å². The summed E-state index contributed by atoms with van der Waals surface area (Å²) in [6, 6.07) is 5.40. The molecule has 3 atom stereocenters. The van der Waals surface area contributed by atoms with Crippen molar-refractivity contribution in [3.8, 4) is 5.75 Å². The highest BCUT2D eigenvalue weighted by atomic mass is 19.1. The standard InChI is InChI=1S/C15H23FN2O2/c1-4-10(2)14(17)15(19)18-9-11(3)20-13-7-5-6-12(16)8-13/h5-8,10-11,14H,4,9,17H2,1-3H3,(H,18,19). The van der Waals surface area contributed by atoms with Gasteiger partial charge < -0.3 is 15.8 Å². The van der Waals surface area contributed by atoms with Gasteiger partial charge in [-0.2, -0.15) is 0 Å². The van der Waals surface area contributed by atoms with Crippen molar-refractivity contribution in [3.63, 3.8) is 0 Å². The number of carbonyl (C=O) groups is 1. The minimum absolute atomic E-state index is 0.134. The van der Waals surface area contributed by atoms with Crippen molar-refractivity contribution in [2.24, 2.45) is 11.7 Å². The molecule has 1 aromatic carbocycles. The van der Waals surface area contributed by atoms with Crippen molar-refractivity contribution in [1.29, 1.82) is 0 Å². The summed E-state index contributed by atoms with van der Waals surface area (Å²) >= 11 is 0. The average Bonchev–Trinajstić information content (AvgIpc) is 2.43. The molecule has 20 heavy (non-hydrogen) atoms. The third kappa shape index (κ3) is 5.17. The fourth-order valence-electron chi connectivity index (χ4n) is 1.69. The number of rotatable bonds is 7. The van der Waals surface area contributed by atoms with Gasteiger partial charge in [0.1, 0.15) is 17.7 Å². The van der Waals surface area contributed by atoms with E-state index in [4.69, 9.17) is 10.5 Å². The summed E-state index contributed by atoms with van der Waals surface area (Å²) in [7, 11) is 0. The lowest BCUT2D eigenvalue weighted by atomic mass is 9.99. The molecule has 0 saturated heterocycles. The quantitative estimate of drug-likeness (QED) is 0.805. The number of halogens is 1. The molecule has 5 heteroatoms. The maximum Gasteiger partial charge on any atom is 0.237 e. The highest BCUT2D eigenvalue weighted by Gasteiger charge is 2.19. The van der Waals surface area contributed by atoms with Crippen molar-refractivity contribution < 1.29 is 13.9 Å². The minimum atomic E-state index is -0.513. The number of nitrogens with one attached hydrogen (secondary N) is 1. The second kappa shape index (κ2) is 7.85. The van der Waals surface area contributed by atoms with Gasteiger partial charge in [0.05, 0.1) is 12.6 Å². The van der Waals surface area contributed by atoms with Gasteiger partial charge in [0.2, 0.25) is 5.91 Å². The Morgan fingerprint density at radius 1 is 1.45 bits per heavy atom. The molecular formula is C15H23FN2O2. The Morgan fingerprint density at radius 3 is 2.75 bits per heavy atom. The van der Waals surface area contributed by atoms with Crippen LogP contribution in [0.3, 0.4) is 0 Å². The Kier molecular flexibility index (Phi) is 6.45. The highest BCUT2D eigenvalue weighted by Crippen LogP contribution is 2.13. The molecule has 0 aliphatic rings. The van der Waals surface area contributed by atoms with Crippen LogP contribution in [0.5, 0.6) is 5.75 Å². The van der Waals surface area contributed by atoms with E-state index in [0.717, 1.165) is 6.42 Å². The number of amides is 1. The predicted molar refractivity (Wildman–Crippen MR) is 76.9 cm³/mol. The smallest absolute Gasteiger partial charge is 0.237 e. The molecule has 3 unspecified atom stereocenters. The third-order valence-corrected chi connectivity index (χ3v) is 3.26. The zero-order valence-corrected chi connectivity index (χ0v) is 12.2. The van der Waals surface area contributed by atoms with Crippen LogP contribution in [0, 0.1) is 11.7 Å². The summed E-state index contributed by atoms with van der Waals surface area (Å²) in [6.07, 6.45) is 0.592. The molecule has 0 aliphatic heterocycles. The normalized spacial score (nSPS) is 15.2. The fraction of sp³-hybridized carbons (Fsp3) is 0.533. The largest absolute Gasteiger partial charge is 0.489 e. The van der Waals surface area contributed by atoms with Gasteiger partial charge in [-0.25, -0.2) is 4.39 Å². The monoisotopic (exact) mass is 282 g/mol. The van der Waals surface area contributed by atoms with Crippen LogP contribution in [0.15, 0.2) is 24.3 Å². The van der Waals surface area contributed by atoms with E-state index in [-0.39, 0.29) is 23.7 Å². The number of carbonyl (C=O) groups excluding carboxylic acids is 1. The zero-order valence-electron chi connectivity index (χ0n) is 12.2. The van der Waals surface area contributed by atoms with E-state index in [0.29, 0.717) is 12.3 Å². The Morgan fingerprint density at radius 2 is 2.15 bits per heavy atom. The Labute approximate surface area is 119 Å². The Hall–Kier alpha value is -1.62. The predicted octanol–water partition coefficient (Wildman–Crippen LogP) is 2.08. The molecule has 1 amide bonds. The molecule has 1 rings (SSSR count). The van der Waals surface area contributed by atoms with E-state index in [1.807, 2.05) is 13.8 Å². The van der Waals surface area contributed by atoms with E-state index >= 15 is 0 Å². The van der Waals surface area contributed by atoms with E-state index < -0.39 is 6.04 Å². The molecule has 0 bridgehead atoms. The maximum atomic E-state index is 13.0. The van der Waals surface area contributed by atoms with Crippen molar-refractivity contribution in [2.45, 2.75) is 39.3 Å². The van der Waals surface area contributed by atoms with Gasteiger partial charge in [0.15, 0.2) is 0 Å². The first kappa shape index (κ1) is 16.4.